The number of unbranched alkanes of at least 4 members (excludes halogenated alkanes) is 10. The van der Waals surface area contributed by atoms with Gasteiger partial charge in [-0.2, -0.15) is 34.5 Å². The Morgan fingerprint density at radius 3 is 1.18 bits per heavy atom. The van der Waals surface area contributed by atoms with Gasteiger partial charge in [-0.1, -0.05) is 65.2 Å². The van der Waals surface area contributed by atoms with E-state index in [4.69, 9.17) is 19.2 Å². The molecule has 0 aromatic carbocycles. The molecule has 1 radical (unpaired) electrons. The largest absolute Gasteiger partial charge is 3.00 e. The summed E-state index contributed by atoms with van der Waals surface area (Å²) in [5.74, 6) is 0. The zero-order valence-corrected chi connectivity index (χ0v) is 18.9. The van der Waals surface area contributed by atoms with E-state index in [1.165, 1.54) is 64.2 Å². The van der Waals surface area contributed by atoms with Gasteiger partial charge < -0.3 is 32.1 Å². The van der Waals surface area contributed by atoms with Gasteiger partial charge in [0.2, 0.25) is 0 Å². The SMILES string of the molecule is C[CH-]CCCCCC.C[CH-]CCCCCC.O=P([O-])([O-])[O-].[Nd+3]. The van der Waals surface area contributed by atoms with Crippen LogP contribution in [0.2, 0.25) is 0 Å². The Kier molecular flexibility index (Phi) is 38.8. The van der Waals surface area contributed by atoms with Crippen LogP contribution in [0.5, 0.6) is 0 Å². The van der Waals surface area contributed by atoms with Crippen molar-refractivity contribution in [3.05, 3.63) is 12.8 Å². The second-order valence-electron chi connectivity index (χ2n) is 4.96. The summed E-state index contributed by atoms with van der Waals surface area (Å²) in [6.45, 7) is 8.75. The molecule has 0 aromatic heterocycles. The first kappa shape index (κ1) is 31.3. The van der Waals surface area contributed by atoms with Crippen molar-refractivity contribution in [2.45, 2.75) is 91.9 Å². The van der Waals surface area contributed by atoms with Crippen molar-refractivity contribution in [1.29, 1.82) is 0 Å². The van der Waals surface area contributed by atoms with E-state index in [0.717, 1.165) is 0 Å². The van der Waals surface area contributed by atoms with Gasteiger partial charge in [0.25, 0.3) is 0 Å². The molecule has 0 rings (SSSR count). The minimum Gasteiger partial charge on any atom is -0.822 e. The van der Waals surface area contributed by atoms with Crippen molar-refractivity contribution >= 4 is 7.82 Å². The van der Waals surface area contributed by atoms with E-state index in [1.807, 2.05) is 0 Å². The number of phosphoric acid groups is 1. The van der Waals surface area contributed by atoms with E-state index in [9.17, 15) is 0 Å². The van der Waals surface area contributed by atoms with Crippen LogP contribution in [-0.4, -0.2) is 0 Å². The van der Waals surface area contributed by atoms with Crippen LogP contribution in [0.4, 0.5) is 0 Å². The third kappa shape index (κ3) is 68.4. The Labute approximate surface area is 171 Å². The average molecular weight is 466 g/mol. The zero-order chi connectivity index (χ0) is 17.0. The molecule has 0 saturated carbocycles. The normalized spacial score (nSPS) is 9.77. The molecule has 0 atom stereocenters. The number of rotatable bonds is 10. The van der Waals surface area contributed by atoms with E-state index >= 15 is 0 Å². The molecule has 133 valence electrons. The predicted octanol–water partition coefficient (Wildman–Crippen LogP) is 3.54. The summed E-state index contributed by atoms with van der Waals surface area (Å²) < 4.78 is 8.55. The molecule has 0 spiro atoms. The number of hydrogen-bond donors (Lipinski definition) is 0. The summed E-state index contributed by atoms with van der Waals surface area (Å²) in [6, 6.07) is 0. The molecule has 0 unspecified atom stereocenters. The van der Waals surface area contributed by atoms with Gasteiger partial charge in [0.05, 0.1) is 0 Å². The van der Waals surface area contributed by atoms with Crippen molar-refractivity contribution in [3.8, 4) is 0 Å². The molecule has 22 heavy (non-hydrogen) atoms. The van der Waals surface area contributed by atoms with Gasteiger partial charge in [0, 0.05) is 0 Å². The second-order valence-corrected chi connectivity index (χ2v) is 5.86. The molecule has 0 aliphatic carbocycles. The third-order valence-electron chi connectivity index (χ3n) is 2.69. The smallest absolute Gasteiger partial charge is 0.822 e. The minimum absolute atomic E-state index is 0. The van der Waals surface area contributed by atoms with Gasteiger partial charge in [-0.3, -0.25) is 0 Å². The van der Waals surface area contributed by atoms with Crippen LogP contribution >= 0.6 is 7.82 Å². The molecule has 0 bridgehead atoms. The molecule has 0 fully saturated rings. The molecule has 0 amide bonds. The predicted molar refractivity (Wildman–Crippen MR) is 85.1 cm³/mol. The maximum atomic E-state index is 8.55. The fraction of sp³-hybridized carbons (Fsp3) is 0.875. The molecule has 0 aliphatic rings. The summed E-state index contributed by atoms with van der Waals surface area (Å²) in [7, 11) is -5.39. The van der Waals surface area contributed by atoms with Crippen molar-refractivity contribution in [1.82, 2.24) is 0 Å². The average Bonchev–Trinajstić information content (AvgIpc) is 2.39. The van der Waals surface area contributed by atoms with E-state index in [0.29, 0.717) is 0 Å². The molecule has 0 aromatic rings. The fourth-order valence-corrected chi connectivity index (χ4v) is 1.55. The summed E-state index contributed by atoms with van der Waals surface area (Å²) in [4.78, 5) is 25.6. The van der Waals surface area contributed by atoms with E-state index in [2.05, 4.69) is 40.5 Å². The standard InChI is InChI=1S/2C8H17.Nd.H3O4P/c2*1-3-5-7-8-6-4-2;;1-5(2,3)4/h2*3H,4-8H2,1-2H3;;(H3,1,2,3,4)/q2*-1;+3;/p-3. The Hall–Kier alpha value is 1.46. The third-order valence-corrected chi connectivity index (χ3v) is 2.69. The number of hydrogen-bond acceptors (Lipinski definition) is 4. The first-order chi connectivity index (χ1) is 9.83. The van der Waals surface area contributed by atoms with Crippen LogP contribution < -0.4 is 14.7 Å². The molecular weight excluding hydrogens is 431 g/mol. The maximum Gasteiger partial charge on any atom is 3.00 e. The van der Waals surface area contributed by atoms with Crippen LogP contribution in [0.25, 0.3) is 0 Å². The van der Waals surface area contributed by atoms with Gasteiger partial charge >= 0.3 is 40.8 Å². The van der Waals surface area contributed by atoms with E-state index in [1.54, 1.807) is 0 Å². The first-order valence-electron chi connectivity index (χ1n) is 8.12. The Morgan fingerprint density at radius 1 is 0.727 bits per heavy atom. The Balaban J connectivity index is -0.000000111. The summed E-state index contributed by atoms with van der Waals surface area (Å²) in [6.07, 6.45) is 18.2. The van der Waals surface area contributed by atoms with E-state index in [-0.39, 0.29) is 40.8 Å². The molecular formula is C16H34NdO4P-2. The Morgan fingerprint density at radius 2 is 1.00 bits per heavy atom. The topological polar surface area (TPSA) is 86.2 Å². The molecule has 4 nitrogen and oxygen atoms in total. The van der Waals surface area contributed by atoms with Gasteiger partial charge in [0.1, 0.15) is 0 Å². The fourth-order valence-electron chi connectivity index (χ4n) is 1.55. The Bertz CT molecular complexity index is 178. The minimum atomic E-state index is -5.39. The van der Waals surface area contributed by atoms with Crippen LogP contribution in [0, 0.1) is 53.7 Å². The molecule has 0 heterocycles. The van der Waals surface area contributed by atoms with Crippen LogP contribution in [0.1, 0.15) is 91.9 Å². The van der Waals surface area contributed by atoms with Gasteiger partial charge in [-0.05, 0) is 0 Å². The summed E-state index contributed by atoms with van der Waals surface area (Å²) in [5.41, 5.74) is 0. The van der Waals surface area contributed by atoms with Crippen LogP contribution in [-0.2, 0) is 4.57 Å². The summed E-state index contributed by atoms with van der Waals surface area (Å²) >= 11 is 0. The van der Waals surface area contributed by atoms with Gasteiger partial charge in [0.15, 0.2) is 0 Å². The van der Waals surface area contributed by atoms with Gasteiger partial charge in [-0.25, -0.2) is 0 Å². The monoisotopic (exact) mass is 463 g/mol. The molecule has 0 saturated heterocycles. The van der Waals surface area contributed by atoms with Crippen LogP contribution in [0.3, 0.4) is 0 Å². The molecule has 6 heteroatoms. The quantitative estimate of drug-likeness (QED) is 0.281. The summed E-state index contributed by atoms with van der Waals surface area (Å²) in [5, 5.41) is 0. The first-order valence-corrected chi connectivity index (χ1v) is 9.58. The van der Waals surface area contributed by atoms with Crippen molar-refractivity contribution in [3.63, 3.8) is 0 Å². The molecule has 0 N–H and O–H groups in total. The van der Waals surface area contributed by atoms with Crippen LogP contribution in [0.15, 0.2) is 0 Å². The molecule has 0 aliphatic heterocycles. The zero-order valence-electron chi connectivity index (χ0n) is 14.8. The maximum absolute atomic E-state index is 8.55. The van der Waals surface area contributed by atoms with Crippen molar-refractivity contribution in [2.24, 2.45) is 0 Å². The van der Waals surface area contributed by atoms with Crippen molar-refractivity contribution < 1.29 is 60.1 Å². The van der Waals surface area contributed by atoms with Gasteiger partial charge in [-0.15, -0.1) is 0 Å². The van der Waals surface area contributed by atoms with Crippen molar-refractivity contribution in [2.75, 3.05) is 0 Å². The second kappa shape index (κ2) is 27.3. The van der Waals surface area contributed by atoms with E-state index < -0.39 is 7.82 Å².